The first-order valence-electron chi connectivity index (χ1n) is 11.9. The van der Waals surface area contributed by atoms with Gasteiger partial charge in [-0.15, -0.1) is 0 Å². The monoisotopic (exact) mass is 468 g/mol. The maximum Gasteiger partial charge on any atom is 0.253 e. The first-order chi connectivity index (χ1) is 16.5. The molecule has 7 nitrogen and oxygen atoms in total. The van der Waals surface area contributed by atoms with Gasteiger partial charge in [-0.1, -0.05) is 12.1 Å². The maximum atomic E-state index is 13.1. The molecule has 2 saturated heterocycles. The van der Waals surface area contributed by atoms with E-state index < -0.39 is 0 Å². The summed E-state index contributed by atoms with van der Waals surface area (Å²) in [5, 5.41) is 3.01. The molecule has 1 N–H and O–H groups in total. The number of nitrogens with one attached hydrogen (secondary N) is 1. The Morgan fingerprint density at radius 1 is 1.15 bits per heavy atom. The zero-order valence-electron chi connectivity index (χ0n) is 19.7. The van der Waals surface area contributed by atoms with Gasteiger partial charge in [0.1, 0.15) is 18.2 Å². The quantitative estimate of drug-likeness (QED) is 0.612. The minimum Gasteiger partial charge on any atom is -0.492 e. The fraction of sp³-hybridized carbons (Fsp3) is 0.462. The minimum absolute atomic E-state index is 0.0482. The highest BCUT2D eigenvalue weighted by Gasteiger charge is 2.23. The summed E-state index contributed by atoms with van der Waals surface area (Å²) in [6.07, 6.45) is 1.53. The Morgan fingerprint density at radius 2 is 1.91 bits per heavy atom. The Kier molecular flexibility index (Phi) is 8.13. The van der Waals surface area contributed by atoms with E-state index in [4.69, 9.17) is 4.74 Å². The number of nitrogens with zero attached hydrogens (tertiary/aromatic N) is 3. The van der Waals surface area contributed by atoms with Gasteiger partial charge in [0.15, 0.2) is 0 Å². The lowest BCUT2D eigenvalue weighted by Gasteiger charge is -2.34. The molecule has 2 aromatic carbocycles. The molecule has 8 heteroatoms. The highest BCUT2D eigenvalue weighted by atomic mass is 19.1. The predicted molar refractivity (Wildman–Crippen MR) is 128 cm³/mol. The van der Waals surface area contributed by atoms with Crippen molar-refractivity contribution < 1.29 is 18.7 Å². The molecule has 182 valence electrons. The van der Waals surface area contributed by atoms with Crippen LogP contribution in [-0.4, -0.2) is 85.5 Å². The lowest BCUT2D eigenvalue weighted by molar-refractivity contribution is -0.119. The molecule has 0 unspecified atom stereocenters. The highest BCUT2D eigenvalue weighted by Crippen LogP contribution is 2.16. The molecule has 4 rings (SSSR count). The van der Waals surface area contributed by atoms with Crippen molar-refractivity contribution >= 4 is 11.8 Å². The Labute approximate surface area is 200 Å². The maximum absolute atomic E-state index is 13.1. The van der Waals surface area contributed by atoms with Crippen molar-refractivity contribution in [2.45, 2.75) is 25.4 Å². The van der Waals surface area contributed by atoms with Crippen LogP contribution >= 0.6 is 0 Å². The predicted octanol–water partition coefficient (Wildman–Crippen LogP) is 2.37. The van der Waals surface area contributed by atoms with Crippen LogP contribution in [0.25, 0.3) is 0 Å². The van der Waals surface area contributed by atoms with Gasteiger partial charge < -0.3 is 19.9 Å². The summed E-state index contributed by atoms with van der Waals surface area (Å²) in [5.41, 5.74) is 1.70. The van der Waals surface area contributed by atoms with Gasteiger partial charge in [0, 0.05) is 63.8 Å². The Bertz CT molecular complexity index is 976. The number of piperazine rings is 1. The van der Waals surface area contributed by atoms with Crippen LogP contribution in [0.15, 0.2) is 48.5 Å². The number of halogens is 1. The van der Waals surface area contributed by atoms with Crippen molar-refractivity contribution in [3.8, 4) is 5.75 Å². The van der Waals surface area contributed by atoms with E-state index in [-0.39, 0.29) is 23.7 Å². The number of rotatable bonds is 9. The van der Waals surface area contributed by atoms with E-state index >= 15 is 0 Å². The van der Waals surface area contributed by atoms with Crippen LogP contribution < -0.4 is 10.1 Å². The molecule has 0 bridgehead atoms. The molecule has 34 heavy (non-hydrogen) atoms. The molecule has 2 heterocycles. The van der Waals surface area contributed by atoms with Gasteiger partial charge in [0.05, 0.1) is 0 Å². The van der Waals surface area contributed by atoms with Crippen LogP contribution in [0.1, 0.15) is 28.8 Å². The normalized spacial score (nSPS) is 18.9. The van der Waals surface area contributed by atoms with Gasteiger partial charge in [-0.25, -0.2) is 4.39 Å². The lowest BCUT2D eigenvalue weighted by Crippen LogP contribution is -2.49. The Hall–Kier alpha value is -2.97. The topological polar surface area (TPSA) is 65.1 Å². The number of carbonyl (C=O) groups is 2. The number of hydrogen-bond donors (Lipinski definition) is 1. The second kappa shape index (κ2) is 11.4. The summed E-state index contributed by atoms with van der Waals surface area (Å²) < 4.78 is 19.1. The summed E-state index contributed by atoms with van der Waals surface area (Å²) >= 11 is 0. The van der Waals surface area contributed by atoms with E-state index in [9.17, 15) is 14.0 Å². The van der Waals surface area contributed by atoms with Crippen molar-refractivity contribution in [3.05, 3.63) is 65.5 Å². The second-order valence-corrected chi connectivity index (χ2v) is 9.14. The Morgan fingerprint density at radius 3 is 2.62 bits per heavy atom. The van der Waals surface area contributed by atoms with Crippen molar-refractivity contribution in [2.75, 3.05) is 52.9 Å². The van der Waals surface area contributed by atoms with E-state index in [0.717, 1.165) is 44.9 Å². The van der Waals surface area contributed by atoms with Crippen molar-refractivity contribution in [1.29, 1.82) is 0 Å². The van der Waals surface area contributed by atoms with E-state index in [1.54, 1.807) is 0 Å². The summed E-state index contributed by atoms with van der Waals surface area (Å²) in [5.74, 6) is 0.617. The van der Waals surface area contributed by atoms with Gasteiger partial charge in [0.25, 0.3) is 5.91 Å². The van der Waals surface area contributed by atoms with Crippen LogP contribution in [0.3, 0.4) is 0 Å². The van der Waals surface area contributed by atoms with Gasteiger partial charge >= 0.3 is 0 Å². The molecule has 2 fully saturated rings. The summed E-state index contributed by atoms with van der Waals surface area (Å²) in [7, 11) is 2.07. The van der Waals surface area contributed by atoms with E-state index in [0.29, 0.717) is 31.7 Å². The standard InChI is InChI=1S/C26H33FN4O3/c1-29(19-23-9-10-25(32)28-23)18-20-3-2-4-24(17-20)34-16-15-30-11-13-31(14-12-30)26(33)21-5-7-22(27)8-6-21/h2-8,17,23H,9-16,18-19H2,1H3,(H,28,32)/t23-/m1/s1. The SMILES string of the molecule is CN(Cc1cccc(OCCN2CCN(C(=O)c3ccc(F)cc3)CC2)c1)C[C@H]1CCC(=O)N1. The van der Waals surface area contributed by atoms with Crippen molar-refractivity contribution in [1.82, 2.24) is 20.0 Å². The number of ether oxygens (including phenoxy) is 1. The third-order valence-electron chi connectivity index (χ3n) is 6.39. The zero-order valence-corrected chi connectivity index (χ0v) is 19.7. The van der Waals surface area contributed by atoms with Gasteiger partial charge in [-0.2, -0.15) is 0 Å². The first-order valence-corrected chi connectivity index (χ1v) is 11.9. The smallest absolute Gasteiger partial charge is 0.253 e. The van der Waals surface area contributed by atoms with Crippen LogP contribution in [-0.2, 0) is 11.3 Å². The average Bonchev–Trinajstić information content (AvgIpc) is 3.24. The van der Waals surface area contributed by atoms with Crippen LogP contribution in [0.5, 0.6) is 5.75 Å². The molecule has 0 saturated carbocycles. The molecule has 0 radical (unpaired) electrons. The highest BCUT2D eigenvalue weighted by molar-refractivity contribution is 5.94. The van der Waals surface area contributed by atoms with Crippen molar-refractivity contribution in [2.24, 2.45) is 0 Å². The third kappa shape index (κ3) is 6.77. The lowest BCUT2D eigenvalue weighted by atomic mass is 10.1. The number of benzene rings is 2. The van der Waals surface area contributed by atoms with E-state index in [1.807, 2.05) is 17.0 Å². The second-order valence-electron chi connectivity index (χ2n) is 9.14. The zero-order chi connectivity index (χ0) is 23.9. The van der Waals surface area contributed by atoms with Gasteiger partial charge in [-0.05, 0) is 55.4 Å². The summed E-state index contributed by atoms with van der Waals surface area (Å²) in [6, 6.07) is 14.1. The molecular formula is C26H33FN4O3. The first kappa shape index (κ1) is 24.2. The summed E-state index contributed by atoms with van der Waals surface area (Å²) in [4.78, 5) is 30.3. The number of amides is 2. The molecular weight excluding hydrogens is 435 g/mol. The summed E-state index contributed by atoms with van der Waals surface area (Å²) in [6.45, 7) is 5.90. The molecule has 2 aromatic rings. The Balaban J connectivity index is 1.17. The number of hydrogen-bond acceptors (Lipinski definition) is 5. The molecule has 2 aliphatic rings. The molecule has 2 amide bonds. The van der Waals surface area contributed by atoms with Gasteiger partial charge in [0.2, 0.25) is 5.91 Å². The van der Waals surface area contributed by atoms with Crippen LogP contribution in [0.2, 0.25) is 0 Å². The van der Waals surface area contributed by atoms with Gasteiger partial charge in [-0.3, -0.25) is 14.5 Å². The molecule has 1 atom stereocenters. The minimum atomic E-state index is -0.335. The average molecular weight is 469 g/mol. The third-order valence-corrected chi connectivity index (χ3v) is 6.39. The molecule has 0 aliphatic carbocycles. The largest absolute Gasteiger partial charge is 0.492 e. The van der Waals surface area contributed by atoms with Crippen LogP contribution in [0.4, 0.5) is 4.39 Å². The van der Waals surface area contributed by atoms with Crippen LogP contribution in [0, 0.1) is 5.82 Å². The van der Waals surface area contributed by atoms with Crippen molar-refractivity contribution in [3.63, 3.8) is 0 Å². The fourth-order valence-corrected chi connectivity index (χ4v) is 4.54. The number of carbonyl (C=O) groups excluding carboxylic acids is 2. The fourth-order valence-electron chi connectivity index (χ4n) is 4.54. The molecule has 0 spiro atoms. The van der Waals surface area contributed by atoms with E-state index in [2.05, 4.69) is 34.3 Å². The van der Waals surface area contributed by atoms with E-state index in [1.165, 1.54) is 29.8 Å². The molecule has 2 aliphatic heterocycles. The molecule has 0 aromatic heterocycles. The number of likely N-dealkylation sites (N-methyl/N-ethyl adjacent to an activating group) is 1.